The van der Waals surface area contributed by atoms with E-state index in [-0.39, 0.29) is 5.92 Å². The first kappa shape index (κ1) is 9.11. The van der Waals surface area contributed by atoms with Gasteiger partial charge in [-0.25, -0.2) is 0 Å². The number of halogens is 1. The van der Waals surface area contributed by atoms with Gasteiger partial charge in [-0.15, -0.1) is 0 Å². The molecule has 0 bridgehead atoms. The van der Waals surface area contributed by atoms with E-state index in [2.05, 4.69) is 11.4 Å². The highest BCUT2D eigenvalue weighted by molar-refractivity contribution is 6.31. The molecule has 2 nitrogen and oxygen atoms in total. The zero-order valence-corrected chi connectivity index (χ0v) is 8.25. The van der Waals surface area contributed by atoms with Crippen LogP contribution in [0.5, 0.6) is 0 Å². The molecule has 1 aromatic carbocycles. The normalized spacial score (nSPS) is 19.7. The van der Waals surface area contributed by atoms with Gasteiger partial charge < -0.3 is 5.32 Å². The molecule has 14 heavy (non-hydrogen) atoms. The predicted octanol–water partition coefficient (Wildman–Crippen LogP) is 2.43. The van der Waals surface area contributed by atoms with E-state index in [9.17, 15) is 0 Å². The number of benzene rings is 1. The van der Waals surface area contributed by atoms with Crippen LogP contribution in [0.2, 0.25) is 5.02 Å². The molecule has 1 atom stereocenters. The van der Waals surface area contributed by atoms with E-state index in [1.807, 2.05) is 24.3 Å². The van der Waals surface area contributed by atoms with Gasteiger partial charge in [-0.2, -0.15) is 5.26 Å². The Bertz CT molecular complexity index is 418. The molecule has 70 valence electrons. The summed E-state index contributed by atoms with van der Waals surface area (Å²) in [5.41, 5.74) is 1.77. The lowest BCUT2D eigenvalue weighted by atomic mass is 9.94. The molecule has 0 amide bonds. The summed E-state index contributed by atoms with van der Waals surface area (Å²) in [7, 11) is 0. The fourth-order valence-electron chi connectivity index (χ4n) is 1.64. The Hall–Kier alpha value is -1.46. The fourth-order valence-corrected chi connectivity index (χ4v) is 1.91. The average molecular weight is 205 g/mol. The fraction of sp³-hybridized carbons (Fsp3) is 0.182. The van der Waals surface area contributed by atoms with E-state index in [0.717, 1.165) is 22.7 Å². The van der Waals surface area contributed by atoms with E-state index in [1.165, 1.54) is 0 Å². The van der Waals surface area contributed by atoms with Gasteiger partial charge in [0.25, 0.3) is 0 Å². The summed E-state index contributed by atoms with van der Waals surface area (Å²) >= 11 is 6.06. The van der Waals surface area contributed by atoms with Crippen LogP contribution in [0, 0.1) is 11.3 Å². The largest absolute Gasteiger partial charge is 0.389 e. The van der Waals surface area contributed by atoms with Crippen LogP contribution in [0.25, 0.3) is 0 Å². The van der Waals surface area contributed by atoms with Crippen LogP contribution in [-0.2, 0) is 0 Å². The van der Waals surface area contributed by atoms with Crippen LogP contribution >= 0.6 is 11.6 Å². The van der Waals surface area contributed by atoms with Gasteiger partial charge in [0, 0.05) is 23.7 Å². The van der Waals surface area contributed by atoms with E-state index >= 15 is 0 Å². The minimum atomic E-state index is 0.105. The average Bonchev–Trinajstić information content (AvgIpc) is 2.66. The SMILES string of the molecule is N#CC1=CNCC1c1ccccc1Cl. The molecule has 0 spiro atoms. The lowest BCUT2D eigenvalue weighted by molar-refractivity contribution is 0.801. The summed E-state index contributed by atoms with van der Waals surface area (Å²) in [5.74, 6) is 0.105. The van der Waals surface area contributed by atoms with Gasteiger partial charge in [0.15, 0.2) is 0 Å². The third kappa shape index (κ3) is 1.47. The quantitative estimate of drug-likeness (QED) is 0.763. The highest BCUT2D eigenvalue weighted by Gasteiger charge is 2.22. The minimum absolute atomic E-state index is 0.105. The lowest BCUT2D eigenvalue weighted by Crippen LogP contribution is -2.08. The van der Waals surface area contributed by atoms with Crippen LogP contribution < -0.4 is 5.32 Å². The smallest absolute Gasteiger partial charge is 0.0969 e. The molecule has 1 aliphatic heterocycles. The second-order valence-corrected chi connectivity index (χ2v) is 3.60. The highest BCUT2D eigenvalue weighted by Crippen LogP contribution is 2.31. The van der Waals surface area contributed by atoms with Gasteiger partial charge in [0.2, 0.25) is 0 Å². The van der Waals surface area contributed by atoms with Crippen LogP contribution in [0.3, 0.4) is 0 Å². The molecule has 0 aromatic heterocycles. The summed E-state index contributed by atoms with van der Waals surface area (Å²) in [5, 5.41) is 12.7. The molecule has 1 aromatic rings. The zero-order chi connectivity index (χ0) is 9.97. The van der Waals surface area contributed by atoms with Crippen molar-refractivity contribution in [2.75, 3.05) is 6.54 Å². The Balaban J connectivity index is 2.38. The molecule has 2 rings (SSSR count). The second-order valence-electron chi connectivity index (χ2n) is 3.19. The third-order valence-corrected chi connectivity index (χ3v) is 2.71. The number of nitriles is 1. The molecule has 0 aliphatic carbocycles. The molecule has 1 unspecified atom stereocenters. The van der Waals surface area contributed by atoms with Crippen molar-refractivity contribution in [2.24, 2.45) is 0 Å². The molecule has 0 saturated carbocycles. The number of nitrogens with one attached hydrogen (secondary N) is 1. The first-order valence-electron chi connectivity index (χ1n) is 4.41. The number of hydrogen-bond acceptors (Lipinski definition) is 2. The first-order chi connectivity index (χ1) is 6.83. The van der Waals surface area contributed by atoms with Crippen LogP contribution in [0.1, 0.15) is 11.5 Å². The molecule has 0 saturated heterocycles. The van der Waals surface area contributed by atoms with Crippen molar-refractivity contribution in [2.45, 2.75) is 5.92 Å². The van der Waals surface area contributed by atoms with Crippen molar-refractivity contribution in [3.8, 4) is 6.07 Å². The lowest BCUT2D eigenvalue weighted by Gasteiger charge is -2.11. The van der Waals surface area contributed by atoms with Crippen molar-refractivity contribution in [3.63, 3.8) is 0 Å². The standard InChI is InChI=1S/C11H9ClN2/c12-11-4-2-1-3-9(11)10-7-14-6-8(10)5-13/h1-4,6,10,14H,7H2. The topological polar surface area (TPSA) is 35.8 Å². The van der Waals surface area contributed by atoms with Gasteiger partial charge in [-0.05, 0) is 11.6 Å². The molecule has 3 heteroatoms. The van der Waals surface area contributed by atoms with E-state index in [0.29, 0.717) is 0 Å². The van der Waals surface area contributed by atoms with E-state index in [1.54, 1.807) is 6.20 Å². The minimum Gasteiger partial charge on any atom is -0.389 e. The van der Waals surface area contributed by atoms with Crippen LogP contribution in [0.4, 0.5) is 0 Å². The summed E-state index contributed by atoms with van der Waals surface area (Å²) in [6.07, 6.45) is 1.76. The van der Waals surface area contributed by atoms with Crippen molar-refractivity contribution in [3.05, 3.63) is 46.6 Å². The Morgan fingerprint density at radius 2 is 2.21 bits per heavy atom. The third-order valence-electron chi connectivity index (χ3n) is 2.36. The van der Waals surface area contributed by atoms with Crippen molar-refractivity contribution in [1.29, 1.82) is 5.26 Å². The molecule has 1 aliphatic rings. The number of hydrogen-bond donors (Lipinski definition) is 1. The predicted molar refractivity (Wildman–Crippen MR) is 55.9 cm³/mol. The van der Waals surface area contributed by atoms with Crippen molar-refractivity contribution in [1.82, 2.24) is 5.32 Å². The van der Waals surface area contributed by atoms with Gasteiger partial charge in [0.05, 0.1) is 11.6 Å². The summed E-state index contributed by atoms with van der Waals surface area (Å²) in [6, 6.07) is 9.83. The summed E-state index contributed by atoms with van der Waals surface area (Å²) < 4.78 is 0. The molecular formula is C11H9ClN2. The van der Waals surface area contributed by atoms with Gasteiger partial charge in [-0.1, -0.05) is 29.8 Å². The maximum absolute atomic E-state index is 8.89. The Morgan fingerprint density at radius 3 is 2.93 bits per heavy atom. The molecule has 0 radical (unpaired) electrons. The molecule has 0 fully saturated rings. The van der Waals surface area contributed by atoms with E-state index < -0.39 is 0 Å². The molecule has 1 heterocycles. The number of nitrogens with zero attached hydrogens (tertiary/aromatic N) is 1. The van der Waals surface area contributed by atoms with Gasteiger partial charge >= 0.3 is 0 Å². The van der Waals surface area contributed by atoms with E-state index in [4.69, 9.17) is 16.9 Å². The Labute approximate surface area is 87.8 Å². The Morgan fingerprint density at radius 1 is 1.43 bits per heavy atom. The zero-order valence-electron chi connectivity index (χ0n) is 7.50. The van der Waals surface area contributed by atoms with Crippen molar-refractivity contribution >= 4 is 11.6 Å². The van der Waals surface area contributed by atoms with Crippen LogP contribution in [-0.4, -0.2) is 6.54 Å². The van der Waals surface area contributed by atoms with Gasteiger partial charge in [0.1, 0.15) is 0 Å². The van der Waals surface area contributed by atoms with Crippen LogP contribution in [0.15, 0.2) is 36.0 Å². The van der Waals surface area contributed by atoms with Crippen molar-refractivity contribution < 1.29 is 0 Å². The maximum atomic E-state index is 8.89. The first-order valence-corrected chi connectivity index (χ1v) is 4.78. The monoisotopic (exact) mass is 204 g/mol. The number of rotatable bonds is 1. The molecular weight excluding hydrogens is 196 g/mol. The maximum Gasteiger partial charge on any atom is 0.0969 e. The summed E-state index contributed by atoms with van der Waals surface area (Å²) in [4.78, 5) is 0. The second kappa shape index (κ2) is 3.73. The highest BCUT2D eigenvalue weighted by atomic mass is 35.5. The Kier molecular flexibility index (Phi) is 2.43. The summed E-state index contributed by atoms with van der Waals surface area (Å²) in [6.45, 7) is 0.757. The van der Waals surface area contributed by atoms with Gasteiger partial charge in [-0.3, -0.25) is 0 Å². The molecule has 1 N–H and O–H groups in total.